The molecule has 2 rings (SSSR count). The summed E-state index contributed by atoms with van der Waals surface area (Å²) in [5, 5.41) is 2.82. The molecule has 2 aromatic rings. The number of carbonyl (C=O) groups excluding carboxylic acids is 3. The number of amides is 2. The molecule has 0 aliphatic heterocycles. The van der Waals surface area contributed by atoms with Crippen LogP contribution in [-0.2, 0) is 26.0 Å². The molecule has 1 aromatic carbocycles. The number of nitrogens with zero attached hydrogens (tertiary/aromatic N) is 1. The normalized spacial score (nSPS) is 11.3. The maximum atomic E-state index is 12.6. The van der Waals surface area contributed by atoms with Gasteiger partial charge in [0.1, 0.15) is 6.10 Å². The van der Waals surface area contributed by atoms with E-state index < -0.39 is 22.1 Å². The zero-order chi connectivity index (χ0) is 26.7. The lowest BCUT2D eigenvalue weighted by molar-refractivity contribution is -0.121. The van der Waals surface area contributed by atoms with Crippen LogP contribution in [0.25, 0.3) is 0 Å². The molecule has 0 spiro atoms. The third kappa shape index (κ3) is 9.29. The average Bonchev–Trinajstić information content (AvgIpc) is 2.82. The van der Waals surface area contributed by atoms with Crippen molar-refractivity contribution in [3.8, 4) is 5.88 Å². The molecule has 1 aromatic heterocycles. The molecule has 0 aliphatic rings. The molecule has 10 nitrogen and oxygen atoms in total. The van der Waals surface area contributed by atoms with Crippen molar-refractivity contribution in [2.75, 3.05) is 6.54 Å². The van der Waals surface area contributed by atoms with Crippen LogP contribution in [0, 0.1) is 5.92 Å². The molecule has 0 fully saturated rings. The highest BCUT2D eigenvalue weighted by atomic mass is 32.2. The van der Waals surface area contributed by atoms with Gasteiger partial charge >= 0.3 is 6.16 Å². The smallest absolute Gasteiger partial charge is 0.431 e. The summed E-state index contributed by atoms with van der Waals surface area (Å²) in [4.78, 5) is 39.7. The molecule has 0 saturated heterocycles. The van der Waals surface area contributed by atoms with E-state index in [0.29, 0.717) is 32.2 Å². The van der Waals surface area contributed by atoms with Crippen molar-refractivity contribution in [3.63, 3.8) is 0 Å². The highest BCUT2D eigenvalue weighted by Gasteiger charge is 2.20. The van der Waals surface area contributed by atoms with E-state index in [4.69, 9.17) is 9.47 Å². The predicted octanol–water partition coefficient (Wildman–Crippen LogP) is 3.61. The number of benzene rings is 1. The molecule has 2 N–H and O–H groups in total. The lowest BCUT2D eigenvalue weighted by Gasteiger charge is -2.13. The lowest BCUT2D eigenvalue weighted by Crippen LogP contribution is -2.30. The number of pyridine rings is 1. The summed E-state index contributed by atoms with van der Waals surface area (Å²) in [5.41, 5.74) is 0.806. The van der Waals surface area contributed by atoms with Gasteiger partial charge in [-0.05, 0) is 48.9 Å². The highest BCUT2D eigenvalue weighted by molar-refractivity contribution is 7.90. The summed E-state index contributed by atoms with van der Waals surface area (Å²) in [7, 11) is -4.12. The first-order valence-electron chi connectivity index (χ1n) is 11.8. The molecule has 0 radical (unpaired) electrons. The van der Waals surface area contributed by atoms with Gasteiger partial charge in [-0.15, -0.1) is 0 Å². The Morgan fingerprint density at radius 3 is 2.22 bits per heavy atom. The number of hydrogen-bond acceptors (Lipinski definition) is 8. The van der Waals surface area contributed by atoms with Crippen LogP contribution in [0.15, 0.2) is 47.5 Å². The van der Waals surface area contributed by atoms with E-state index in [1.807, 2.05) is 32.4 Å². The van der Waals surface area contributed by atoms with Gasteiger partial charge in [-0.25, -0.2) is 22.9 Å². The van der Waals surface area contributed by atoms with E-state index in [1.165, 1.54) is 24.3 Å². The van der Waals surface area contributed by atoms with E-state index in [1.54, 1.807) is 12.1 Å². The summed E-state index contributed by atoms with van der Waals surface area (Å²) < 4.78 is 37.3. The Morgan fingerprint density at radius 2 is 1.67 bits per heavy atom. The van der Waals surface area contributed by atoms with Crippen LogP contribution < -0.4 is 14.8 Å². The zero-order valence-electron chi connectivity index (χ0n) is 20.9. The molecule has 1 heterocycles. The van der Waals surface area contributed by atoms with Gasteiger partial charge in [-0.1, -0.05) is 39.8 Å². The Balaban J connectivity index is 1.92. The quantitative estimate of drug-likeness (QED) is 0.405. The first-order valence-corrected chi connectivity index (χ1v) is 13.3. The fourth-order valence-corrected chi connectivity index (χ4v) is 4.11. The van der Waals surface area contributed by atoms with Gasteiger partial charge in [0, 0.05) is 25.2 Å². The Kier molecular flexibility index (Phi) is 10.8. The van der Waals surface area contributed by atoms with Crippen molar-refractivity contribution in [2.45, 2.75) is 64.4 Å². The van der Waals surface area contributed by atoms with Crippen LogP contribution >= 0.6 is 0 Å². The van der Waals surface area contributed by atoms with Crippen molar-refractivity contribution in [1.82, 2.24) is 15.0 Å². The molecule has 2 amide bonds. The van der Waals surface area contributed by atoms with Crippen molar-refractivity contribution >= 4 is 28.0 Å². The van der Waals surface area contributed by atoms with E-state index >= 15 is 0 Å². The third-order valence-corrected chi connectivity index (χ3v) is 6.50. The molecule has 0 unspecified atom stereocenters. The number of nitrogens with one attached hydrogen (secondary N) is 2. The van der Waals surface area contributed by atoms with Crippen molar-refractivity contribution in [2.24, 2.45) is 5.92 Å². The molecule has 0 atom stereocenters. The van der Waals surface area contributed by atoms with Gasteiger partial charge in [0.2, 0.25) is 11.8 Å². The number of hydrogen-bond donors (Lipinski definition) is 2. The van der Waals surface area contributed by atoms with Gasteiger partial charge < -0.3 is 14.8 Å². The van der Waals surface area contributed by atoms with Gasteiger partial charge in [-0.3, -0.25) is 9.59 Å². The number of sulfonamides is 1. The number of aromatic nitrogens is 1. The van der Waals surface area contributed by atoms with Gasteiger partial charge in [-0.2, -0.15) is 0 Å². The first-order chi connectivity index (χ1) is 17.0. The molecular formula is C25H33N3O7S. The molecule has 0 aliphatic carbocycles. The van der Waals surface area contributed by atoms with E-state index in [0.717, 1.165) is 11.8 Å². The van der Waals surface area contributed by atoms with Crippen LogP contribution in [0.4, 0.5) is 4.79 Å². The molecule has 0 saturated carbocycles. The summed E-state index contributed by atoms with van der Waals surface area (Å²) in [6, 6.07) is 8.59. The maximum absolute atomic E-state index is 12.6. The Bertz CT molecular complexity index is 1130. The second-order valence-electron chi connectivity index (χ2n) is 8.57. The standard InChI is InChI=1S/C25H33N3O7S/c1-5-20(6-2)34-25(31)35-23-12-9-19(16-27-23)24(30)28-36(32,33)21-10-7-18(8-11-21)13-14-26-22(29)15-17(3)4/h7-12,16-17,20H,5-6,13-15H2,1-4H3,(H,26,29)(H,28,30). The summed E-state index contributed by atoms with van der Waals surface area (Å²) >= 11 is 0. The second kappa shape index (κ2) is 13.6. The van der Waals surface area contributed by atoms with Gasteiger partial charge in [0.25, 0.3) is 15.9 Å². The van der Waals surface area contributed by atoms with E-state index in [2.05, 4.69) is 10.3 Å². The maximum Gasteiger partial charge on any atom is 0.515 e. The van der Waals surface area contributed by atoms with E-state index in [-0.39, 0.29) is 34.3 Å². The van der Waals surface area contributed by atoms with Gasteiger partial charge in [0.05, 0.1) is 10.5 Å². The SMILES string of the molecule is CCC(CC)OC(=O)Oc1ccc(C(=O)NS(=O)(=O)c2ccc(CCNC(=O)CC(C)C)cc2)cn1. The number of carbonyl (C=O) groups is 3. The third-order valence-electron chi connectivity index (χ3n) is 5.15. The lowest BCUT2D eigenvalue weighted by atomic mass is 10.1. The van der Waals surface area contributed by atoms with Crippen molar-refractivity contribution in [1.29, 1.82) is 0 Å². The fraction of sp³-hybridized carbons (Fsp3) is 0.440. The minimum atomic E-state index is -4.12. The van der Waals surface area contributed by atoms with Gasteiger partial charge in [0.15, 0.2) is 0 Å². The van der Waals surface area contributed by atoms with Crippen LogP contribution in [0.2, 0.25) is 0 Å². The molecule has 11 heteroatoms. The van der Waals surface area contributed by atoms with Crippen LogP contribution in [0.5, 0.6) is 5.88 Å². The summed E-state index contributed by atoms with van der Waals surface area (Å²) in [6.45, 7) is 8.13. The van der Waals surface area contributed by atoms with Crippen molar-refractivity contribution in [3.05, 3.63) is 53.7 Å². The Labute approximate surface area is 211 Å². The van der Waals surface area contributed by atoms with E-state index in [9.17, 15) is 22.8 Å². The molecular weight excluding hydrogens is 486 g/mol. The zero-order valence-corrected chi connectivity index (χ0v) is 21.8. The topological polar surface area (TPSA) is 141 Å². The average molecular weight is 520 g/mol. The monoisotopic (exact) mass is 519 g/mol. The van der Waals surface area contributed by atoms with Crippen LogP contribution in [0.3, 0.4) is 0 Å². The van der Waals surface area contributed by atoms with Crippen molar-refractivity contribution < 1.29 is 32.3 Å². The largest absolute Gasteiger partial charge is 0.515 e. The fourth-order valence-electron chi connectivity index (χ4n) is 3.14. The molecule has 36 heavy (non-hydrogen) atoms. The number of rotatable bonds is 12. The minimum absolute atomic E-state index is 0.0254. The van der Waals surface area contributed by atoms with Crippen LogP contribution in [0.1, 0.15) is 62.9 Å². The first kappa shape index (κ1) is 28.8. The molecule has 196 valence electrons. The highest BCUT2D eigenvalue weighted by Crippen LogP contribution is 2.14. The predicted molar refractivity (Wildman–Crippen MR) is 133 cm³/mol. The Hall–Kier alpha value is -3.47. The Morgan fingerprint density at radius 1 is 1.00 bits per heavy atom. The second-order valence-corrected chi connectivity index (χ2v) is 10.3. The van der Waals surface area contributed by atoms with Crippen LogP contribution in [-0.4, -0.2) is 44.0 Å². The summed E-state index contributed by atoms with van der Waals surface area (Å²) in [6.07, 6.45) is 2.21. The summed E-state index contributed by atoms with van der Waals surface area (Å²) in [5.74, 6) is -0.718. The number of ether oxygens (including phenoxy) is 2. The minimum Gasteiger partial charge on any atom is -0.431 e. The molecule has 0 bridgehead atoms.